The van der Waals surface area contributed by atoms with Crippen molar-refractivity contribution in [2.24, 2.45) is 40.4 Å². The molecule has 0 aromatic rings. The van der Waals surface area contributed by atoms with Crippen molar-refractivity contribution in [1.29, 1.82) is 0 Å². The lowest BCUT2D eigenvalue weighted by molar-refractivity contribution is -0.150. The molecule has 1 saturated heterocycles. The van der Waals surface area contributed by atoms with E-state index in [9.17, 15) is 9.59 Å². The summed E-state index contributed by atoms with van der Waals surface area (Å²) >= 11 is 0. The number of hydrogen-bond donors (Lipinski definition) is 0. The van der Waals surface area contributed by atoms with Crippen molar-refractivity contribution in [1.82, 2.24) is 0 Å². The Bertz CT molecular complexity index is 781. The second-order valence-corrected chi connectivity index (χ2v) is 10.5. The Hall–Kier alpha value is -1.58. The molecule has 0 bridgehead atoms. The number of cyclic esters (lactones) is 1. The van der Waals surface area contributed by atoms with Gasteiger partial charge in [0.1, 0.15) is 11.9 Å². The van der Waals surface area contributed by atoms with Crippen LogP contribution in [-0.4, -0.2) is 18.0 Å². The third-order valence-electron chi connectivity index (χ3n) is 9.35. The maximum Gasteiger partial charge on any atom is 0.315 e. The molecule has 0 N–H and O–H groups in total. The Kier molecular flexibility index (Phi) is 3.93. The summed E-state index contributed by atoms with van der Waals surface area (Å²) in [6.07, 6.45) is 9.93. The Morgan fingerprint density at radius 2 is 2.04 bits per heavy atom. The molecular formula is C24H32O4. The van der Waals surface area contributed by atoms with Gasteiger partial charge in [-0.05, 0) is 67.1 Å². The number of fused-ring (bicyclic) bond motifs is 7. The molecule has 0 radical (unpaired) electrons. The Labute approximate surface area is 167 Å². The molecule has 1 heterocycles. The minimum atomic E-state index is -0.166. The van der Waals surface area contributed by atoms with E-state index in [4.69, 9.17) is 9.47 Å². The van der Waals surface area contributed by atoms with E-state index < -0.39 is 0 Å². The highest BCUT2D eigenvalue weighted by atomic mass is 16.5. The molecule has 0 aromatic carbocycles. The first-order valence-electron chi connectivity index (χ1n) is 11.0. The van der Waals surface area contributed by atoms with Crippen LogP contribution in [0.15, 0.2) is 24.0 Å². The van der Waals surface area contributed by atoms with Crippen molar-refractivity contribution in [2.75, 3.05) is 0 Å². The fourth-order valence-electron chi connectivity index (χ4n) is 8.03. The summed E-state index contributed by atoms with van der Waals surface area (Å²) in [6.45, 7) is 10.4. The summed E-state index contributed by atoms with van der Waals surface area (Å²) in [6, 6.07) is 0. The molecule has 1 unspecified atom stereocenters. The Morgan fingerprint density at radius 1 is 1.25 bits per heavy atom. The van der Waals surface area contributed by atoms with Crippen LogP contribution in [0.5, 0.6) is 0 Å². The molecule has 0 aromatic heterocycles. The predicted molar refractivity (Wildman–Crippen MR) is 105 cm³/mol. The van der Waals surface area contributed by atoms with Gasteiger partial charge in [-0.3, -0.25) is 9.59 Å². The summed E-state index contributed by atoms with van der Waals surface area (Å²) in [4.78, 5) is 24.0. The van der Waals surface area contributed by atoms with Crippen molar-refractivity contribution in [3.8, 4) is 0 Å². The second kappa shape index (κ2) is 5.96. The number of hydrogen-bond acceptors (Lipinski definition) is 4. The Balaban J connectivity index is 1.43. The van der Waals surface area contributed by atoms with Crippen LogP contribution in [-0.2, 0) is 19.1 Å². The largest absolute Gasteiger partial charge is 0.462 e. The second-order valence-electron chi connectivity index (χ2n) is 10.5. The van der Waals surface area contributed by atoms with Crippen LogP contribution in [0.1, 0.15) is 65.7 Å². The number of carbonyl (C=O) groups is 2. The highest BCUT2D eigenvalue weighted by Crippen LogP contribution is 2.69. The zero-order valence-electron chi connectivity index (χ0n) is 17.3. The molecule has 3 saturated carbocycles. The van der Waals surface area contributed by atoms with Crippen LogP contribution in [0.3, 0.4) is 0 Å². The fraction of sp³-hybridized carbons (Fsp3) is 0.750. The predicted octanol–water partition coefficient (Wildman–Crippen LogP) is 4.79. The van der Waals surface area contributed by atoms with Gasteiger partial charge in [0.2, 0.25) is 0 Å². The van der Waals surface area contributed by atoms with Crippen LogP contribution in [0, 0.1) is 40.4 Å². The van der Waals surface area contributed by atoms with Gasteiger partial charge in [0.15, 0.2) is 0 Å². The van der Waals surface area contributed by atoms with E-state index in [0.717, 1.165) is 38.5 Å². The fourth-order valence-corrected chi connectivity index (χ4v) is 8.03. The molecule has 1 aliphatic heterocycles. The zero-order chi connectivity index (χ0) is 19.8. The quantitative estimate of drug-likeness (QED) is 0.482. The summed E-state index contributed by atoms with van der Waals surface area (Å²) in [5, 5.41) is 0. The Morgan fingerprint density at radius 3 is 2.79 bits per heavy atom. The van der Waals surface area contributed by atoms with Crippen molar-refractivity contribution in [3.63, 3.8) is 0 Å². The summed E-state index contributed by atoms with van der Waals surface area (Å²) in [5.74, 6) is 2.65. The van der Waals surface area contributed by atoms with Gasteiger partial charge in [-0.1, -0.05) is 32.1 Å². The normalized spacial score (nSPS) is 49.3. The van der Waals surface area contributed by atoms with Crippen molar-refractivity contribution in [2.45, 2.75) is 71.8 Å². The van der Waals surface area contributed by atoms with Gasteiger partial charge in [-0.25, -0.2) is 0 Å². The highest BCUT2D eigenvalue weighted by molar-refractivity contribution is 5.79. The average Bonchev–Trinajstić information content (AvgIpc) is 3.09. The lowest BCUT2D eigenvalue weighted by Gasteiger charge is -2.57. The number of esters is 2. The number of rotatable bonds is 1. The smallest absolute Gasteiger partial charge is 0.315 e. The summed E-state index contributed by atoms with van der Waals surface area (Å²) in [5.41, 5.74) is 1.78. The molecule has 0 spiro atoms. The molecule has 4 heteroatoms. The average molecular weight is 385 g/mol. The SMILES string of the molecule is C=C1OC(=O)C2[C@@H]1C[C@H]1[C@@H]3CC=C4C[C@@H](OC(C)=O)CC[C@]4(C)[C@H]3CC[C@]21C. The maximum atomic E-state index is 12.6. The van der Waals surface area contributed by atoms with E-state index in [1.807, 2.05) is 0 Å². The van der Waals surface area contributed by atoms with Gasteiger partial charge in [-0.2, -0.15) is 0 Å². The first kappa shape index (κ1) is 18.4. The molecular weight excluding hydrogens is 352 g/mol. The number of carbonyl (C=O) groups excluding carboxylic acids is 2. The van der Waals surface area contributed by atoms with E-state index >= 15 is 0 Å². The van der Waals surface area contributed by atoms with Gasteiger partial charge >= 0.3 is 11.9 Å². The van der Waals surface area contributed by atoms with E-state index in [0.29, 0.717) is 23.5 Å². The van der Waals surface area contributed by atoms with E-state index in [2.05, 4.69) is 26.5 Å². The minimum Gasteiger partial charge on any atom is -0.462 e. The van der Waals surface area contributed by atoms with Crippen molar-refractivity contribution in [3.05, 3.63) is 24.0 Å². The molecule has 5 aliphatic rings. The van der Waals surface area contributed by atoms with Gasteiger partial charge in [0.05, 0.1) is 5.92 Å². The standard InChI is InChI=1S/C24H32O4/c1-13-18-12-20-17-6-5-15-11-16(28-14(2)25)7-9-23(15,3)19(17)8-10-24(20,4)21(18)22(26)27-13/h5,16-21H,1,6-12H2,2-4H3/t16-,17+,18+,19-,20-,21?,23-,24-/m0/s1. The van der Waals surface area contributed by atoms with E-state index in [1.54, 1.807) is 0 Å². The lowest BCUT2D eigenvalue weighted by atomic mass is 9.47. The van der Waals surface area contributed by atoms with Gasteiger partial charge < -0.3 is 9.47 Å². The molecule has 0 amide bonds. The van der Waals surface area contributed by atoms with Gasteiger partial charge in [0, 0.05) is 19.3 Å². The van der Waals surface area contributed by atoms with Crippen LogP contribution < -0.4 is 0 Å². The van der Waals surface area contributed by atoms with Gasteiger partial charge in [-0.15, -0.1) is 0 Å². The summed E-state index contributed by atoms with van der Waals surface area (Å²) in [7, 11) is 0. The highest BCUT2D eigenvalue weighted by Gasteiger charge is 2.65. The number of ether oxygens (including phenoxy) is 2. The van der Waals surface area contributed by atoms with Crippen LogP contribution >= 0.6 is 0 Å². The van der Waals surface area contributed by atoms with Crippen LogP contribution in [0.2, 0.25) is 0 Å². The maximum absolute atomic E-state index is 12.6. The number of allylic oxidation sites excluding steroid dienone is 2. The molecule has 5 rings (SSSR count). The molecule has 4 nitrogen and oxygen atoms in total. The summed E-state index contributed by atoms with van der Waals surface area (Å²) < 4.78 is 11.0. The zero-order valence-corrected chi connectivity index (χ0v) is 17.3. The lowest BCUT2D eigenvalue weighted by Crippen LogP contribution is -2.51. The molecule has 4 fully saturated rings. The monoisotopic (exact) mass is 384 g/mol. The third kappa shape index (κ3) is 2.35. The molecule has 8 atom stereocenters. The van der Waals surface area contributed by atoms with Crippen molar-refractivity contribution < 1.29 is 19.1 Å². The molecule has 4 aliphatic carbocycles. The third-order valence-corrected chi connectivity index (χ3v) is 9.35. The topological polar surface area (TPSA) is 52.6 Å². The first-order valence-corrected chi connectivity index (χ1v) is 11.0. The molecule has 152 valence electrons. The van der Waals surface area contributed by atoms with Gasteiger partial charge in [0.25, 0.3) is 0 Å². The van der Waals surface area contributed by atoms with E-state index in [-0.39, 0.29) is 40.7 Å². The van der Waals surface area contributed by atoms with Crippen LogP contribution in [0.4, 0.5) is 0 Å². The van der Waals surface area contributed by atoms with Crippen LogP contribution in [0.25, 0.3) is 0 Å². The van der Waals surface area contributed by atoms with Crippen molar-refractivity contribution >= 4 is 11.9 Å². The molecule has 28 heavy (non-hydrogen) atoms. The first-order chi connectivity index (χ1) is 13.2. The van der Waals surface area contributed by atoms with E-state index in [1.165, 1.54) is 18.9 Å². The minimum absolute atomic E-state index is 0.0174.